The number of hydrogen-bond donors (Lipinski definition) is 0. The first-order chi connectivity index (χ1) is 24.8. The van der Waals surface area contributed by atoms with Crippen LogP contribution in [0.15, 0.2) is 60.7 Å². The fourth-order valence-corrected chi connectivity index (χ4v) is 10.4. The zero-order valence-electron chi connectivity index (χ0n) is 28.4. The molecule has 12 nitrogen and oxygen atoms in total. The van der Waals surface area contributed by atoms with Crippen molar-refractivity contribution in [1.82, 2.24) is 19.6 Å². The van der Waals surface area contributed by atoms with Gasteiger partial charge in [-0.1, -0.05) is 39.8 Å². The Morgan fingerprint density at radius 2 is 1.41 bits per heavy atom. The Balaban J connectivity index is 0.999. The van der Waals surface area contributed by atoms with Gasteiger partial charge in [-0.15, -0.1) is 0 Å². The molecular formula is C37H38N4O8S2. The van der Waals surface area contributed by atoms with Crippen molar-refractivity contribution >= 4 is 45.5 Å². The summed E-state index contributed by atoms with van der Waals surface area (Å²) in [5, 5.41) is 0. The van der Waals surface area contributed by atoms with E-state index in [1.807, 2.05) is 35.0 Å². The average Bonchev–Trinajstić information content (AvgIpc) is 3.45. The monoisotopic (exact) mass is 730 g/mol. The van der Waals surface area contributed by atoms with Crippen LogP contribution < -0.4 is 14.2 Å². The molecule has 14 heteroatoms. The van der Waals surface area contributed by atoms with Crippen LogP contribution in [0.5, 0.6) is 23.0 Å². The maximum absolute atomic E-state index is 13.8. The first kappa shape index (κ1) is 33.7. The number of nitrogens with zero attached hydrogens (tertiary/aromatic N) is 4. The molecule has 0 N–H and O–H groups in total. The number of benzene rings is 3. The summed E-state index contributed by atoms with van der Waals surface area (Å²) in [4.78, 5) is 60.9. The third-order valence-corrected chi connectivity index (χ3v) is 12.9. The van der Waals surface area contributed by atoms with E-state index in [0.29, 0.717) is 77.2 Å². The molecule has 0 bridgehead atoms. The Kier molecular flexibility index (Phi) is 9.01. The van der Waals surface area contributed by atoms with Crippen molar-refractivity contribution in [3.05, 3.63) is 82.9 Å². The number of methoxy groups -OCH3 is 1. The van der Waals surface area contributed by atoms with E-state index in [1.54, 1.807) is 76.1 Å². The van der Waals surface area contributed by atoms with E-state index < -0.39 is 17.7 Å². The van der Waals surface area contributed by atoms with Gasteiger partial charge in [0.15, 0.2) is 5.60 Å². The number of rotatable bonds is 5. The van der Waals surface area contributed by atoms with Crippen LogP contribution in [0.4, 0.5) is 4.79 Å². The second kappa shape index (κ2) is 13.6. The zero-order valence-corrected chi connectivity index (χ0v) is 30.0. The number of hydrogen-bond acceptors (Lipinski definition) is 11. The molecule has 3 saturated heterocycles. The number of carbonyl (C=O) groups is 4. The molecule has 3 aromatic carbocycles. The van der Waals surface area contributed by atoms with Gasteiger partial charge in [-0.25, -0.2) is 9.59 Å². The number of piperazine rings is 2. The molecule has 3 fully saturated rings. The number of ether oxygens (including phenoxy) is 4. The van der Waals surface area contributed by atoms with Crippen LogP contribution in [0.2, 0.25) is 0 Å². The molecule has 0 saturated carbocycles. The van der Waals surface area contributed by atoms with Crippen molar-refractivity contribution in [2.24, 2.45) is 0 Å². The summed E-state index contributed by atoms with van der Waals surface area (Å²) in [5.41, 5.74) is 1.18. The Bertz CT molecular complexity index is 1900. The fourth-order valence-electron chi connectivity index (χ4n) is 7.69. The Morgan fingerprint density at radius 3 is 2.14 bits per heavy atom. The molecule has 3 amide bonds. The lowest BCUT2D eigenvalue weighted by Crippen LogP contribution is -2.65. The van der Waals surface area contributed by atoms with Crippen LogP contribution in [-0.2, 0) is 19.9 Å². The first-order valence-electron chi connectivity index (χ1n) is 17.1. The van der Waals surface area contributed by atoms with Gasteiger partial charge in [-0.2, -0.15) is 0 Å². The highest BCUT2D eigenvalue weighted by atomic mass is 33.1. The number of likely N-dealkylation sites (N-methyl/N-ethyl adjacent to an activating group) is 1. The molecule has 1 unspecified atom stereocenters. The summed E-state index contributed by atoms with van der Waals surface area (Å²) < 4.78 is 24.1. The topological polar surface area (TPSA) is 118 Å². The lowest BCUT2D eigenvalue weighted by atomic mass is 9.77. The molecule has 1 spiro atoms. The predicted octanol–water partition coefficient (Wildman–Crippen LogP) is 4.59. The molecule has 266 valence electrons. The van der Waals surface area contributed by atoms with Crippen LogP contribution in [0.25, 0.3) is 0 Å². The van der Waals surface area contributed by atoms with E-state index >= 15 is 0 Å². The summed E-state index contributed by atoms with van der Waals surface area (Å²) in [6.07, 6.45) is -0.171. The maximum atomic E-state index is 13.8. The second-order valence-corrected chi connectivity index (χ2v) is 15.8. The van der Waals surface area contributed by atoms with Gasteiger partial charge in [-0.05, 0) is 37.4 Å². The number of amides is 3. The number of carbonyl (C=O) groups excluding carboxylic acids is 4. The molecule has 3 aromatic rings. The van der Waals surface area contributed by atoms with E-state index in [4.69, 9.17) is 18.9 Å². The maximum Gasteiger partial charge on any atom is 0.415 e. The van der Waals surface area contributed by atoms with Crippen molar-refractivity contribution in [2.75, 3.05) is 64.9 Å². The van der Waals surface area contributed by atoms with Crippen LogP contribution >= 0.6 is 21.6 Å². The summed E-state index contributed by atoms with van der Waals surface area (Å²) in [6, 6.07) is 17.4. The van der Waals surface area contributed by atoms with Gasteiger partial charge in [0.05, 0.1) is 24.8 Å². The highest BCUT2D eigenvalue weighted by Gasteiger charge is 2.53. The molecule has 5 aliphatic rings. The minimum absolute atomic E-state index is 0.0154. The molecule has 51 heavy (non-hydrogen) atoms. The smallest absolute Gasteiger partial charge is 0.415 e. The molecule has 0 aromatic heterocycles. The Labute approximate surface area is 303 Å². The van der Waals surface area contributed by atoms with Gasteiger partial charge in [0, 0.05) is 92.4 Å². The first-order valence-corrected chi connectivity index (χ1v) is 19.6. The van der Waals surface area contributed by atoms with Crippen LogP contribution in [0.3, 0.4) is 0 Å². The molecule has 0 aliphatic carbocycles. The van der Waals surface area contributed by atoms with Gasteiger partial charge in [-0.3, -0.25) is 9.59 Å². The third-order valence-electron chi connectivity index (χ3n) is 10.4. The molecule has 5 aliphatic heterocycles. The lowest BCUT2D eigenvalue weighted by molar-refractivity contribution is -0.141. The summed E-state index contributed by atoms with van der Waals surface area (Å²) in [5.74, 6) is 2.53. The largest absolute Gasteiger partial charge is 0.497 e. The Hall–Kier alpha value is -4.40. The summed E-state index contributed by atoms with van der Waals surface area (Å²) in [6.45, 7) is 3.72. The predicted molar refractivity (Wildman–Crippen MR) is 191 cm³/mol. The van der Waals surface area contributed by atoms with Gasteiger partial charge >= 0.3 is 12.1 Å². The van der Waals surface area contributed by atoms with Crippen LogP contribution in [-0.4, -0.2) is 120 Å². The number of fused-ring (bicyclic) bond motifs is 7. The second-order valence-electron chi connectivity index (χ2n) is 13.3. The van der Waals surface area contributed by atoms with Gasteiger partial charge in [0.25, 0.3) is 0 Å². The minimum Gasteiger partial charge on any atom is -0.497 e. The quantitative estimate of drug-likeness (QED) is 0.271. The molecule has 8 rings (SSSR count). The average molecular weight is 731 g/mol. The minimum atomic E-state index is -1.26. The van der Waals surface area contributed by atoms with Gasteiger partial charge < -0.3 is 38.5 Å². The molecule has 0 radical (unpaired) electrons. The van der Waals surface area contributed by atoms with Crippen LogP contribution in [0, 0.1) is 0 Å². The van der Waals surface area contributed by atoms with Crippen molar-refractivity contribution < 1.29 is 38.1 Å². The standard InChI is InChI=1S/C37H38N4O8S2/c1-38-13-15-39(16-14-38)33(42)11-12-34(43)40-17-18-41(30-22-51-50-21-29(30)40)36(45)47-24-8-10-28-32(20-24)48-31-19-23(46-2)7-9-27(31)37(28)26-6-4-3-5-25(26)35(44)49-37/h3-10,19-20,29-30H,11-18,21-22H2,1-2H3/t29-,30+,37?/m1/s1. The third kappa shape index (κ3) is 5.96. The normalized spacial score (nSPS) is 23.7. The van der Waals surface area contributed by atoms with Crippen molar-refractivity contribution in [1.29, 1.82) is 0 Å². The highest BCUT2D eigenvalue weighted by Crippen LogP contribution is 2.57. The van der Waals surface area contributed by atoms with Crippen molar-refractivity contribution in [3.63, 3.8) is 0 Å². The SMILES string of the molecule is COc1ccc2c(c1)Oc1cc(OC(=O)N3CCN(C(=O)CCC(=O)N4CCN(C)CC4)[C@@H]4CSSC[C@@H]43)ccc1C21OC(=O)c2ccccc21. The summed E-state index contributed by atoms with van der Waals surface area (Å²) >= 11 is 0. The fraction of sp³-hybridized carbons (Fsp3) is 0.405. The van der Waals surface area contributed by atoms with E-state index in [0.717, 1.165) is 13.1 Å². The van der Waals surface area contributed by atoms with Gasteiger partial charge in [0.1, 0.15) is 23.0 Å². The molecule has 5 heterocycles. The zero-order chi connectivity index (χ0) is 35.3. The molecular weight excluding hydrogens is 693 g/mol. The highest BCUT2D eigenvalue weighted by molar-refractivity contribution is 8.76. The number of esters is 1. The van der Waals surface area contributed by atoms with Crippen LogP contribution in [0.1, 0.15) is 39.9 Å². The van der Waals surface area contributed by atoms with E-state index in [9.17, 15) is 19.2 Å². The van der Waals surface area contributed by atoms with E-state index in [-0.39, 0.29) is 42.5 Å². The summed E-state index contributed by atoms with van der Waals surface area (Å²) in [7, 11) is 6.97. The lowest BCUT2D eigenvalue weighted by Gasteiger charge is -2.48. The van der Waals surface area contributed by atoms with Crippen molar-refractivity contribution in [2.45, 2.75) is 30.5 Å². The molecule has 3 atom stereocenters. The van der Waals surface area contributed by atoms with E-state index in [2.05, 4.69) is 4.90 Å². The van der Waals surface area contributed by atoms with Crippen molar-refractivity contribution in [3.8, 4) is 23.0 Å². The van der Waals surface area contributed by atoms with Gasteiger partial charge in [0.2, 0.25) is 11.8 Å². The Morgan fingerprint density at radius 1 is 0.784 bits per heavy atom. The van der Waals surface area contributed by atoms with E-state index in [1.165, 1.54) is 0 Å².